The van der Waals surface area contributed by atoms with E-state index in [9.17, 15) is 18.0 Å². The Labute approximate surface area is 116 Å². The molecule has 19 heavy (non-hydrogen) atoms. The predicted molar refractivity (Wildman–Crippen MR) is 67.0 cm³/mol. The van der Waals surface area contributed by atoms with Gasteiger partial charge in [0.25, 0.3) is 5.91 Å². The van der Waals surface area contributed by atoms with Gasteiger partial charge >= 0.3 is 6.18 Å². The molecule has 1 amide bonds. The molecule has 1 N–H and O–H groups in total. The van der Waals surface area contributed by atoms with Crippen LogP contribution in [0, 0.1) is 5.92 Å². The van der Waals surface area contributed by atoms with E-state index in [0.29, 0.717) is 18.7 Å². The highest BCUT2D eigenvalue weighted by atomic mass is 79.9. The van der Waals surface area contributed by atoms with E-state index in [4.69, 9.17) is 0 Å². The third-order valence-electron chi connectivity index (χ3n) is 2.91. The van der Waals surface area contributed by atoms with Gasteiger partial charge in [0.2, 0.25) is 0 Å². The van der Waals surface area contributed by atoms with Crippen LogP contribution in [-0.4, -0.2) is 22.3 Å². The van der Waals surface area contributed by atoms with Crippen LogP contribution in [0.3, 0.4) is 0 Å². The maximum absolute atomic E-state index is 12.3. The van der Waals surface area contributed by atoms with Gasteiger partial charge in [-0.3, -0.25) is 9.78 Å². The van der Waals surface area contributed by atoms with E-state index in [1.54, 1.807) is 0 Å². The fraction of sp³-hybridized carbons (Fsp3) is 0.500. The molecule has 1 unspecified atom stereocenters. The normalized spacial score (nSPS) is 17.1. The molecule has 0 spiro atoms. The minimum absolute atomic E-state index is 0.0107. The Morgan fingerprint density at radius 2 is 2.16 bits per heavy atom. The van der Waals surface area contributed by atoms with E-state index in [-0.39, 0.29) is 10.5 Å². The summed E-state index contributed by atoms with van der Waals surface area (Å²) in [5.41, 5.74) is -0.871. The largest absolute Gasteiger partial charge is 0.417 e. The summed E-state index contributed by atoms with van der Waals surface area (Å²) < 4.78 is 37.0. The highest BCUT2D eigenvalue weighted by molar-refractivity contribution is 9.09. The monoisotopic (exact) mass is 336 g/mol. The van der Waals surface area contributed by atoms with Crippen LogP contribution in [-0.2, 0) is 6.18 Å². The molecule has 0 bridgehead atoms. The van der Waals surface area contributed by atoms with Crippen molar-refractivity contribution < 1.29 is 18.0 Å². The zero-order valence-electron chi connectivity index (χ0n) is 9.88. The SMILES string of the molecule is O=C(NCC(Br)C1CC1)c1ccc(C(F)(F)F)cn1. The Morgan fingerprint density at radius 1 is 1.47 bits per heavy atom. The maximum atomic E-state index is 12.3. The van der Waals surface area contributed by atoms with Crippen molar-refractivity contribution >= 4 is 21.8 Å². The fourth-order valence-electron chi connectivity index (χ4n) is 1.60. The Balaban J connectivity index is 1.91. The van der Waals surface area contributed by atoms with Crippen LogP contribution >= 0.6 is 15.9 Å². The van der Waals surface area contributed by atoms with Crippen LogP contribution in [0.4, 0.5) is 13.2 Å². The third-order valence-corrected chi connectivity index (χ3v) is 3.99. The Morgan fingerprint density at radius 3 is 2.63 bits per heavy atom. The van der Waals surface area contributed by atoms with Crippen molar-refractivity contribution in [2.75, 3.05) is 6.54 Å². The molecule has 0 aliphatic heterocycles. The standard InChI is InChI=1S/C12H12BrF3N2O/c13-9(7-1-2-7)6-18-11(19)10-4-3-8(5-17-10)12(14,15)16/h3-5,7,9H,1-2,6H2,(H,18,19). The number of nitrogens with zero attached hydrogens (tertiary/aromatic N) is 1. The zero-order valence-corrected chi connectivity index (χ0v) is 11.5. The summed E-state index contributed by atoms with van der Waals surface area (Å²) in [5, 5.41) is 2.65. The van der Waals surface area contributed by atoms with Crippen molar-refractivity contribution in [3.63, 3.8) is 0 Å². The van der Waals surface area contributed by atoms with Crippen molar-refractivity contribution in [2.45, 2.75) is 23.8 Å². The number of alkyl halides is 4. The van der Waals surface area contributed by atoms with E-state index < -0.39 is 17.6 Å². The van der Waals surface area contributed by atoms with Gasteiger partial charge in [-0.05, 0) is 30.9 Å². The Hall–Kier alpha value is -1.11. The van der Waals surface area contributed by atoms with Crippen LogP contribution in [0.2, 0.25) is 0 Å². The van der Waals surface area contributed by atoms with Gasteiger partial charge in [-0.1, -0.05) is 15.9 Å². The lowest BCUT2D eigenvalue weighted by Gasteiger charge is -2.10. The number of hydrogen-bond acceptors (Lipinski definition) is 2. The summed E-state index contributed by atoms with van der Waals surface area (Å²) in [6.45, 7) is 0.451. The summed E-state index contributed by atoms with van der Waals surface area (Å²) in [5.74, 6) is 0.125. The summed E-state index contributed by atoms with van der Waals surface area (Å²) in [6.07, 6.45) is -1.48. The number of amides is 1. The lowest BCUT2D eigenvalue weighted by Crippen LogP contribution is -2.31. The first-order chi connectivity index (χ1) is 8.88. The maximum Gasteiger partial charge on any atom is 0.417 e. The smallest absolute Gasteiger partial charge is 0.350 e. The topological polar surface area (TPSA) is 42.0 Å². The number of carbonyl (C=O) groups excluding carboxylic acids is 1. The first-order valence-corrected chi connectivity index (χ1v) is 6.75. The Bertz CT molecular complexity index is 457. The second-order valence-corrected chi connectivity index (χ2v) is 5.67. The number of pyridine rings is 1. The summed E-state index contributed by atoms with van der Waals surface area (Å²) in [7, 11) is 0. The summed E-state index contributed by atoms with van der Waals surface area (Å²) >= 11 is 3.46. The molecule has 0 saturated heterocycles. The second kappa shape index (κ2) is 5.48. The summed E-state index contributed by atoms with van der Waals surface area (Å²) in [4.78, 5) is 15.4. The van der Waals surface area contributed by atoms with Gasteiger partial charge in [-0.2, -0.15) is 13.2 Å². The van der Waals surface area contributed by atoms with Gasteiger partial charge in [0.05, 0.1) is 5.56 Å². The molecule has 1 saturated carbocycles. The zero-order chi connectivity index (χ0) is 14.0. The first-order valence-electron chi connectivity index (χ1n) is 5.83. The van der Waals surface area contributed by atoms with Crippen LogP contribution in [0.1, 0.15) is 28.9 Å². The molecule has 2 rings (SSSR count). The lowest BCUT2D eigenvalue weighted by atomic mass is 10.2. The highest BCUT2D eigenvalue weighted by Gasteiger charge is 2.31. The van der Waals surface area contributed by atoms with Gasteiger partial charge in [0.1, 0.15) is 5.69 Å². The van der Waals surface area contributed by atoms with Crippen molar-refractivity contribution in [1.82, 2.24) is 10.3 Å². The molecule has 104 valence electrons. The molecule has 1 aliphatic rings. The molecule has 1 aliphatic carbocycles. The van der Waals surface area contributed by atoms with E-state index in [0.717, 1.165) is 25.0 Å². The molecule has 1 aromatic rings. The average molecular weight is 337 g/mol. The molecule has 1 heterocycles. The molecular formula is C12H12BrF3N2O. The third kappa shape index (κ3) is 3.92. The van der Waals surface area contributed by atoms with Crippen molar-refractivity contribution in [1.29, 1.82) is 0 Å². The van der Waals surface area contributed by atoms with Crippen LogP contribution in [0.15, 0.2) is 18.3 Å². The van der Waals surface area contributed by atoms with Crippen molar-refractivity contribution in [3.05, 3.63) is 29.6 Å². The summed E-state index contributed by atoms with van der Waals surface area (Å²) in [6, 6.07) is 1.94. The van der Waals surface area contributed by atoms with Crippen LogP contribution in [0.25, 0.3) is 0 Å². The molecule has 1 fully saturated rings. The van der Waals surface area contributed by atoms with Crippen molar-refractivity contribution in [2.24, 2.45) is 5.92 Å². The fourth-order valence-corrected chi connectivity index (χ4v) is 2.29. The number of rotatable bonds is 4. The highest BCUT2D eigenvalue weighted by Crippen LogP contribution is 2.36. The number of aromatic nitrogens is 1. The minimum atomic E-state index is -4.44. The van der Waals surface area contributed by atoms with E-state index in [1.807, 2.05) is 0 Å². The lowest BCUT2D eigenvalue weighted by molar-refractivity contribution is -0.137. The van der Waals surface area contributed by atoms with Gasteiger partial charge in [0, 0.05) is 17.6 Å². The number of halogens is 4. The molecule has 1 aromatic heterocycles. The Kier molecular flexibility index (Phi) is 4.13. The first kappa shape index (κ1) is 14.3. The molecular weight excluding hydrogens is 325 g/mol. The number of nitrogens with one attached hydrogen (secondary N) is 1. The predicted octanol–water partition coefficient (Wildman–Crippen LogP) is 3.00. The van der Waals surface area contributed by atoms with Gasteiger partial charge in [-0.15, -0.1) is 0 Å². The van der Waals surface area contributed by atoms with Gasteiger partial charge in [-0.25, -0.2) is 0 Å². The quantitative estimate of drug-likeness (QED) is 0.859. The van der Waals surface area contributed by atoms with Gasteiger partial charge in [0.15, 0.2) is 0 Å². The van der Waals surface area contributed by atoms with Gasteiger partial charge < -0.3 is 5.32 Å². The molecule has 0 radical (unpaired) electrons. The van der Waals surface area contributed by atoms with E-state index in [2.05, 4.69) is 26.2 Å². The van der Waals surface area contributed by atoms with Crippen LogP contribution in [0.5, 0.6) is 0 Å². The number of carbonyl (C=O) groups is 1. The van der Waals surface area contributed by atoms with Crippen molar-refractivity contribution in [3.8, 4) is 0 Å². The van der Waals surface area contributed by atoms with Crippen LogP contribution < -0.4 is 5.32 Å². The molecule has 0 aromatic carbocycles. The minimum Gasteiger partial charge on any atom is -0.350 e. The van der Waals surface area contributed by atoms with E-state index >= 15 is 0 Å². The average Bonchev–Trinajstić information content (AvgIpc) is 3.19. The number of hydrogen-bond donors (Lipinski definition) is 1. The molecule has 3 nitrogen and oxygen atoms in total. The second-order valence-electron chi connectivity index (χ2n) is 4.49. The molecule has 1 atom stereocenters. The van der Waals surface area contributed by atoms with E-state index in [1.165, 1.54) is 0 Å². The molecule has 7 heteroatoms.